The predicted molar refractivity (Wildman–Crippen MR) is 125 cm³/mol. The number of halogens is 1. The molecule has 1 heterocycles. The van der Waals surface area contributed by atoms with Gasteiger partial charge in [0.1, 0.15) is 12.4 Å². The lowest BCUT2D eigenvalue weighted by Crippen LogP contribution is -2.02. The Morgan fingerprint density at radius 2 is 1.86 bits per heavy atom. The molecule has 2 rings (SSSR count). The molecule has 0 amide bonds. The average Bonchev–Trinajstić information content (AvgIpc) is 2.72. The fourth-order valence-corrected chi connectivity index (χ4v) is 2.39. The lowest BCUT2D eigenvalue weighted by molar-refractivity contribution is -0.107. The van der Waals surface area contributed by atoms with Crippen LogP contribution in [0.15, 0.2) is 42.7 Å². The molecule has 0 fully saturated rings. The van der Waals surface area contributed by atoms with Gasteiger partial charge in [-0.15, -0.1) is 0 Å². The second kappa shape index (κ2) is 19.2. The summed E-state index contributed by atoms with van der Waals surface area (Å²) in [5, 5.41) is 9.00. The summed E-state index contributed by atoms with van der Waals surface area (Å²) < 4.78 is 0. The Balaban J connectivity index is 0. The number of nitriles is 1. The Kier molecular flexibility index (Phi) is 19.2. The molecular formula is C25H37ClN2O. The molecule has 0 aliphatic carbocycles. The van der Waals surface area contributed by atoms with Crippen molar-refractivity contribution in [3.63, 3.8) is 0 Å². The van der Waals surface area contributed by atoms with E-state index in [1.54, 1.807) is 24.5 Å². The molecule has 0 radical (unpaired) electrons. The summed E-state index contributed by atoms with van der Waals surface area (Å²) in [6.07, 6.45) is 7.44. The maximum atomic E-state index is 9.95. The summed E-state index contributed by atoms with van der Waals surface area (Å²) in [5.74, 6) is 1.79. The van der Waals surface area contributed by atoms with Crippen LogP contribution in [0.5, 0.6) is 0 Å². The topological polar surface area (TPSA) is 53.8 Å². The smallest absolute Gasteiger partial charge is 0.124 e. The van der Waals surface area contributed by atoms with Gasteiger partial charge in [0.15, 0.2) is 0 Å². The third kappa shape index (κ3) is 15.4. The van der Waals surface area contributed by atoms with Crippen LogP contribution in [0, 0.1) is 30.1 Å². The largest absolute Gasteiger partial charge is 0.303 e. The minimum Gasteiger partial charge on any atom is -0.303 e. The second-order valence-corrected chi connectivity index (χ2v) is 7.24. The zero-order valence-corrected chi connectivity index (χ0v) is 19.8. The van der Waals surface area contributed by atoms with E-state index in [4.69, 9.17) is 16.9 Å². The summed E-state index contributed by atoms with van der Waals surface area (Å²) in [6, 6.07) is 11.0. The first-order valence-electron chi connectivity index (χ1n) is 10.3. The van der Waals surface area contributed by atoms with Crippen molar-refractivity contribution in [1.82, 2.24) is 4.98 Å². The monoisotopic (exact) mass is 416 g/mol. The van der Waals surface area contributed by atoms with Gasteiger partial charge >= 0.3 is 0 Å². The molecule has 0 N–H and O–H groups in total. The van der Waals surface area contributed by atoms with E-state index in [1.165, 1.54) is 12.8 Å². The van der Waals surface area contributed by atoms with E-state index in [0.717, 1.165) is 29.2 Å². The molecule has 29 heavy (non-hydrogen) atoms. The minimum atomic E-state index is 0.466. The van der Waals surface area contributed by atoms with Gasteiger partial charge in [-0.1, -0.05) is 78.1 Å². The van der Waals surface area contributed by atoms with Crippen LogP contribution >= 0.6 is 11.6 Å². The fraction of sp³-hybridized carbons (Fsp3) is 0.480. The zero-order valence-electron chi connectivity index (χ0n) is 19.1. The van der Waals surface area contributed by atoms with Gasteiger partial charge in [-0.2, -0.15) is 5.26 Å². The van der Waals surface area contributed by atoms with Crippen LogP contribution < -0.4 is 0 Å². The van der Waals surface area contributed by atoms with E-state index in [2.05, 4.69) is 32.7 Å². The predicted octanol–water partition coefficient (Wildman–Crippen LogP) is 7.45. The van der Waals surface area contributed by atoms with Crippen LogP contribution in [-0.2, 0) is 11.2 Å². The van der Waals surface area contributed by atoms with Crippen molar-refractivity contribution in [2.24, 2.45) is 11.8 Å². The van der Waals surface area contributed by atoms with Crippen LogP contribution in [0.2, 0.25) is 5.02 Å². The Morgan fingerprint density at radius 3 is 2.24 bits per heavy atom. The second-order valence-electron chi connectivity index (χ2n) is 6.84. The maximum Gasteiger partial charge on any atom is 0.124 e. The summed E-state index contributed by atoms with van der Waals surface area (Å²) in [7, 11) is 0. The number of hydrogen-bond acceptors (Lipinski definition) is 3. The molecule has 0 unspecified atom stereocenters. The summed E-state index contributed by atoms with van der Waals surface area (Å²) in [6.45, 7) is 15.1. The van der Waals surface area contributed by atoms with Gasteiger partial charge in [-0.3, -0.25) is 4.98 Å². The number of nitrogens with zero attached hydrogens (tertiary/aromatic N) is 2. The van der Waals surface area contributed by atoms with Crippen molar-refractivity contribution in [2.45, 2.75) is 67.7 Å². The van der Waals surface area contributed by atoms with E-state index in [9.17, 15) is 4.79 Å². The SMILES string of the molecule is CC.CCC[C@@H](C)C(C)C.Cc1ccc(C#N)c(Cl)c1.O=CCc1cccnc1. The van der Waals surface area contributed by atoms with Crippen LogP contribution in [0.4, 0.5) is 0 Å². The number of carbonyl (C=O) groups excluding carboxylic acids is 1. The Bertz CT molecular complexity index is 694. The minimum absolute atomic E-state index is 0.466. The van der Waals surface area contributed by atoms with Crippen LogP contribution in [-0.4, -0.2) is 11.3 Å². The normalized spacial score (nSPS) is 10.1. The molecule has 0 saturated heterocycles. The molecule has 1 aromatic carbocycles. The number of rotatable bonds is 5. The van der Waals surface area contributed by atoms with E-state index < -0.39 is 0 Å². The van der Waals surface area contributed by atoms with E-state index in [-0.39, 0.29) is 0 Å². The number of aldehydes is 1. The van der Waals surface area contributed by atoms with Crippen LogP contribution in [0.25, 0.3) is 0 Å². The standard InChI is InChI=1S/C8H6ClN.C8H18.C7H7NO.C2H6/c1-6-2-3-7(5-10)8(9)4-6;1-5-6-8(4)7(2)3;9-5-3-7-2-1-4-8-6-7;1-2/h2-4H,1H3;7-8H,5-6H2,1-4H3;1-2,4-6H,3H2;1-2H3/t;8-;;/m.1../s1. The van der Waals surface area contributed by atoms with Gasteiger partial charge in [-0.25, -0.2) is 0 Å². The number of carbonyl (C=O) groups is 1. The van der Waals surface area contributed by atoms with E-state index >= 15 is 0 Å². The molecule has 0 aliphatic heterocycles. The van der Waals surface area contributed by atoms with Crippen molar-refractivity contribution < 1.29 is 4.79 Å². The highest BCUT2D eigenvalue weighted by Crippen LogP contribution is 2.16. The summed E-state index contributed by atoms with van der Waals surface area (Å²) in [5.41, 5.74) is 2.57. The third-order valence-corrected chi connectivity index (χ3v) is 4.48. The third-order valence-electron chi connectivity index (χ3n) is 4.17. The number of pyridine rings is 1. The molecule has 3 nitrogen and oxygen atoms in total. The molecular weight excluding hydrogens is 380 g/mol. The molecule has 160 valence electrons. The maximum absolute atomic E-state index is 9.95. The van der Waals surface area contributed by atoms with Crippen molar-refractivity contribution in [1.29, 1.82) is 5.26 Å². The summed E-state index contributed by atoms with van der Waals surface area (Å²) in [4.78, 5) is 13.8. The average molecular weight is 417 g/mol. The first-order chi connectivity index (χ1) is 13.8. The molecule has 0 bridgehead atoms. The van der Waals surface area contributed by atoms with Gasteiger partial charge in [-0.05, 0) is 48.1 Å². The number of aromatic nitrogens is 1. The van der Waals surface area contributed by atoms with Crippen molar-refractivity contribution in [2.75, 3.05) is 0 Å². The van der Waals surface area contributed by atoms with Gasteiger partial charge < -0.3 is 4.79 Å². The molecule has 0 saturated carbocycles. The highest BCUT2D eigenvalue weighted by atomic mass is 35.5. The number of aryl methyl sites for hydroxylation is 1. The van der Waals surface area contributed by atoms with Gasteiger partial charge in [0, 0.05) is 18.8 Å². The molecule has 4 heteroatoms. The highest BCUT2D eigenvalue weighted by Gasteiger charge is 2.03. The molecule has 0 spiro atoms. The van der Waals surface area contributed by atoms with Gasteiger partial charge in [0.05, 0.1) is 10.6 Å². The number of hydrogen-bond donors (Lipinski definition) is 0. The highest BCUT2D eigenvalue weighted by molar-refractivity contribution is 6.31. The van der Waals surface area contributed by atoms with Crippen LogP contribution in [0.3, 0.4) is 0 Å². The van der Waals surface area contributed by atoms with Gasteiger partial charge in [0.25, 0.3) is 0 Å². The Morgan fingerprint density at radius 1 is 1.21 bits per heavy atom. The zero-order chi connectivity index (χ0) is 22.7. The van der Waals surface area contributed by atoms with E-state index in [0.29, 0.717) is 17.0 Å². The van der Waals surface area contributed by atoms with Crippen molar-refractivity contribution >= 4 is 17.9 Å². The Hall–Kier alpha value is -2.18. The molecule has 0 aliphatic rings. The molecule has 1 atom stereocenters. The lowest BCUT2D eigenvalue weighted by atomic mass is 9.94. The van der Waals surface area contributed by atoms with Crippen LogP contribution in [0.1, 0.15) is 71.1 Å². The first kappa shape index (κ1) is 29.0. The van der Waals surface area contributed by atoms with Gasteiger partial charge in [0.2, 0.25) is 0 Å². The van der Waals surface area contributed by atoms with E-state index in [1.807, 2.05) is 45.0 Å². The molecule has 2 aromatic rings. The Labute approximate surface area is 183 Å². The fourth-order valence-electron chi connectivity index (χ4n) is 2.11. The van der Waals surface area contributed by atoms with Crippen molar-refractivity contribution in [3.05, 3.63) is 64.4 Å². The lowest BCUT2D eigenvalue weighted by Gasteiger charge is -2.12. The molecule has 1 aromatic heterocycles. The first-order valence-corrected chi connectivity index (χ1v) is 10.7. The quantitative estimate of drug-likeness (QED) is 0.475. The number of benzene rings is 1. The summed E-state index contributed by atoms with van der Waals surface area (Å²) >= 11 is 5.71. The van der Waals surface area contributed by atoms with Crippen molar-refractivity contribution in [3.8, 4) is 6.07 Å².